The zero-order valence-corrected chi connectivity index (χ0v) is 19.1. The van der Waals surface area contributed by atoms with Crippen molar-refractivity contribution >= 4 is 17.5 Å². The maximum Gasteiger partial charge on any atom is 0.429 e. The molecule has 6 rings (SSSR count). The number of benzene rings is 1. The van der Waals surface area contributed by atoms with E-state index in [4.69, 9.17) is 16.5 Å². The van der Waals surface area contributed by atoms with Gasteiger partial charge in [-0.15, -0.1) is 9.74 Å². The molecular weight excluding hydrogens is 440 g/mol. The highest BCUT2D eigenvalue weighted by Crippen LogP contribution is 2.47. The SMILES string of the molecule is N#C[N+]1(C(N)=O)[C@@H]2CC[C@H]1C[C@H](c1cc(N)n3ncc(-c4ccc(-c5ccccc5)nc4)c3n1)C2. The van der Waals surface area contributed by atoms with Gasteiger partial charge < -0.3 is 11.5 Å². The Hall–Kier alpha value is -4.29. The van der Waals surface area contributed by atoms with Crippen LogP contribution < -0.4 is 11.5 Å². The van der Waals surface area contributed by atoms with Crippen molar-refractivity contribution in [3.8, 4) is 28.6 Å². The summed E-state index contributed by atoms with van der Waals surface area (Å²) in [6.07, 6.45) is 8.79. The minimum Gasteiger partial charge on any atom is -0.384 e. The third-order valence-electron chi connectivity index (χ3n) is 7.71. The number of amides is 2. The molecule has 2 aliphatic rings. The lowest BCUT2D eigenvalue weighted by molar-refractivity contribution is -0.828. The third-order valence-corrected chi connectivity index (χ3v) is 7.71. The summed E-state index contributed by atoms with van der Waals surface area (Å²) in [4.78, 5) is 21.9. The number of nitrogens with two attached hydrogens (primary N) is 2. The highest BCUT2D eigenvalue weighted by molar-refractivity contribution is 5.78. The standard InChI is InChI=1S/C26H24N8O/c27-15-34(26(29)35)19-7-8-20(34)11-18(10-19)23-12-24(28)33-25(32-23)21(14-31-33)17-6-9-22(30-13-17)16-4-2-1-3-5-16/h1-6,9,12-14,18-20H,7-8,10-11H2,(H3-,28,29,31,32,35)/p+1/t18-,19-,20+,34?. The normalized spacial score (nSPS) is 25.4. The van der Waals surface area contributed by atoms with E-state index >= 15 is 0 Å². The lowest BCUT2D eigenvalue weighted by atomic mass is 9.86. The van der Waals surface area contributed by atoms with Crippen LogP contribution in [0.25, 0.3) is 28.0 Å². The Morgan fingerprint density at radius 3 is 2.43 bits per heavy atom. The molecule has 1 aromatic carbocycles. The van der Waals surface area contributed by atoms with Crippen LogP contribution in [0, 0.1) is 11.5 Å². The van der Waals surface area contributed by atoms with Crippen LogP contribution in [-0.2, 0) is 0 Å². The number of nitriles is 1. The van der Waals surface area contributed by atoms with Crippen molar-refractivity contribution in [2.75, 3.05) is 5.73 Å². The molecule has 1 unspecified atom stereocenters. The first-order valence-corrected chi connectivity index (χ1v) is 11.8. The van der Waals surface area contributed by atoms with E-state index in [-0.39, 0.29) is 22.5 Å². The van der Waals surface area contributed by atoms with E-state index in [2.05, 4.69) is 16.3 Å². The molecule has 0 spiro atoms. The fourth-order valence-corrected chi connectivity index (χ4v) is 5.98. The number of rotatable bonds is 3. The lowest BCUT2D eigenvalue weighted by Crippen LogP contribution is -2.62. The number of carbonyl (C=O) groups excluding carboxylic acids is 1. The molecule has 5 heterocycles. The van der Waals surface area contributed by atoms with Gasteiger partial charge in [-0.2, -0.15) is 9.61 Å². The monoisotopic (exact) mass is 465 g/mol. The summed E-state index contributed by atoms with van der Waals surface area (Å²) in [6, 6.07) is 15.1. The topological polar surface area (TPSA) is 136 Å². The number of hydrogen-bond acceptors (Lipinski definition) is 6. The number of piperidine rings is 1. The molecule has 2 amide bonds. The number of fused-ring (bicyclic) bond motifs is 3. The van der Waals surface area contributed by atoms with Gasteiger partial charge in [0.25, 0.3) is 0 Å². The van der Waals surface area contributed by atoms with Crippen molar-refractivity contribution in [1.82, 2.24) is 19.6 Å². The van der Waals surface area contributed by atoms with Crippen molar-refractivity contribution in [2.24, 2.45) is 5.73 Å². The van der Waals surface area contributed by atoms with Crippen LogP contribution in [0.3, 0.4) is 0 Å². The molecule has 0 radical (unpaired) electrons. The van der Waals surface area contributed by atoms with Crippen LogP contribution in [-0.4, -0.2) is 42.2 Å². The van der Waals surface area contributed by atoms with Gasteiger partial charge in [0.1, 0.15) is 17.9 Å². The summed E-state index contributed by atoms with van der Waals surface area (Å²) in [5.74, 6) is 0.596. The molecule has 0 aliphatic carbocycles. The van der Waals surface area contributed by atoms with Crippen LogP contribution in [0.4, 0.5) is 10.6 Å². The summed E-state index contributed by atoms with van der Waals surface area (Å²) in [5.41, 5.74) is 17.3. The van der Waals surface area contributed by atoms with Crippen molar-refractivity contribution < 1.29 is 9.28 Å². The third kappa shape index (κ3) is 3.18. The predicted octanol–water partition coefficient (Wildman–Crippen LogP) is 3.83. The fraction of sp³-hybridized carbons (Fsp3) is 0.269. The second-order valence-corrected chi connectivity index (χ2v) is 9.47. The number of quaternary nitrogens is 1. The number of urea groups is 1. The van der Waals surface area contributed by atoms with Crippen molar-refractivity contribution in [3.63, 3.8) is 0 Å². The number of pyridine rings is 1. The molecule has 2 saturated heterocycles. The first-order chi connectivity index (χ1) is 17.0. The molecule has 2 bridgehead atoms. The van der Waals surface area contributed by atoms with Gasteiger partial charge in [0, 0.05) is 60.6 Å². The summed E-state index contributed by atoms with van der Waals surface area (Å²) in [7, 11) is 0. The van der Waals surface area contributed by atoms with Gasteiger partial charge in [0.2, 0.25) is 0 Å². The molecule has 4 atom stereocenters. The van der Waals surface area contributed by atoms with Gasteiger partial charge in [-0.3, -0.25) is 4.98 Å². The predicted molar refractivity (Wildman–Crippen MR) is 130 cm³/mol. The van der Waals surface area contributed by atoms with Crippen LogP contribution in [0.1, 0.15) is 37.3 Å². The number of primary amides is 1. The van der Waals surface area contributed by atoms with Gasteiger partial charge in [-0.05, 0) is 6.07 Å². The Bertz CT molecular complexity index is 1460. The van der Waals surface area contributed by atoms with Crippen LogP contribution in [0.2, 0.25) is 0 Å². The molecule has 2 aliphatic heterocycles. The van der Waals surface area contributed by atoms with Gasteiger partial charge in [0.15, 0.2) is 5.65 Å². The Kier molecular flexibility index (Phi) is 4.79. The fourth-order valence-electron chi connectivity index (χ4n) is 5.98. The summed E-state index contributed by atoms with van der Waals surface area (Å²) >= 11 is 0. The zero-order chi connectivity index (χ0) is 24.2. The van der Waals surface area contributed by atoms with E-state index in [1.54, 1.807) is 10.7 Å². The summed E-state index contributed by atoms with van der Waals surface area (Å²) < 4.78 is 1.37. The number of carbonyl (C=O) groups is 1. The molecule has 9 heteroatoms. The highest BCUT2D eigenvalue weighted by atomic mass is 16.2. The minimum atomic E-state index is -0.550. The zero-order valence-electron chi connectivity index (χ0n) is 19.1. The maximum absolute atomic E-state index is 12.2. The molecule has 4 aromatic rings. The molecule has 3 aromatic heterocycles. The van der Waals surface area contributed by atoms with Crippen LogP contribution in [0.15, 0.2) is 60.9 Å². The molecule has 35 heavy (non-hydrogen) atoms. The van der Waals surface area contributed by atoms with Gasteiger partial charge in [-0.25, -0.2) is 9.78 Å². The lowest BCUT2D eigenvalue weighted by Gasteiger charge is -2.39. The molecule has 4 N–H and O–H groups in total. The smallest absolute Gasteiger partial charge is 0.384 e. The highest BCUT2D eigenvalue weighted by Gasteiger charge is 2.60. The number of hydrogen-bond donors (Lipinski definition) is 2. The Morgan fingerprint density at radius 2 is 1.80 bits per heavy atom. The molecule has 0 saturated carbocycles. The average Bonchev–Trinajstić information content (AvgIpc) is 3.39. The molecule has 2 fully saturated rings. The van der Waals surface area contributed by atoms with Crippen LogP contribution in [0.5, 0.6) is 0 Å². The van der Waals surface area contributed by atoms with Crippen molar-refractivity contribution in [2.45, 2.75) is 43.7 Å². The number of aromatic nitrogens is 4. The van der Waals surface area contributed by atoms with Crippen molar-refractivity contribution in [3.05, 3.63) is 66.6 Å². The first-order valence-electron chi connectivity index (χ1n) is 11.8. The maximum atomic E-state index is 12.2. The first kappa shape index (κ1) is 21.3. The second kappa shape index (κ2) is 7.89. The molecule has 174 valence electrons. The van der Waals surface area contributed by atoms with E-state index in [0.717, 1.165) is 40.9 Å². The Morgan fingerprint density at radius 1 is 1.06 bits per heavy atom. The minimum absolute atomic E-state index is 0.0973. The number of nitrogens with zero attached hydrogens (tertiary/aromatic N) is 6. The quantitative estimate of drug-likeness (QED) is 0.349. The Balaban J connectivity index is 1.35. The number of nitrogen functional groups attached to an aromatic ring is 1. The van der Waals surface area contributed by atoms with Crippen molar-refractivity contribution in [1.29, 1.82) is 5.26 Å². The molecular formula is C26H25N8O+. The van der Waals surface area contributed by atoms with E-state index in [9.17, 15) is 10.1 Å². The van der Waals surface area contributed by atoms with Crippen LogP contribution >= 0.6 is 0 Å². The molecule has 9 nitrogen and oxygen atoms in total. The van der Waals surface area contributed by atoms with E-state index in [1.807, 2.05) is 54.7 Å². The van der Waals surface area contributed by atoms with E-state index in [1.165, 1.54) is 0 Å². The largest absolute Gasteiger partial charge is 0.429 e. The van der Waals surface area contributed by atoms with E-state index < -0.39 is 6.03 Å². The van der Waals surface area contributed by atoms with Gasteiger partial charge in [-0.1, -0.05) is 36.4 Å². The van der Waals surface area contributed by atoms with E-state index in [0.29, 0.717) is 24.3 Å². The average molecular weight is 466 g/mol. The van der Waals surface area contributed by atoms with Gasteiger partial charge in [0.05, 0.1) is 17.6 Å². The second-order valence-electron chi connectivity index (χ2n) is 9.47. The van der Waals surface area contributed by atoms with Gasteiger partial charge >= 0.3 is 12.2 Å². The summed E-state index contributed by atoms with van der Waals surface area (Å²) in [5, 5.41) is 14.3. The number of anilines is 1. The Labute approximate surface area is 202 Å². The summed E-state index contributed by atoms with van der Waals surface area (Å²) in [6.45, 7) is 0.